The minimum atomic E-state index is -0.121. The average Bonchev–Trinajstić information content (AvgIpc) is 2.87. The summed E-state index contributed by atoms with van der Waals surface area (Å²) in [5.74, 6) is 7.44. The van der Waals surface area contributed by atoms with Crippen molar-refractivity contribution in [2.75, 3.05) is 32.1 Å². The Morgan fingerprint density at radius 1 is 0.912 bits per heavy atom. The van der Waals surface area contributed by atoms with Gasteiger partial charge in [0.25, 0.3) is 5.91 Å². The normalized spacial score (nSPS) is 9.79. The van der Waals surface area contributed by atoms with Crippen molar-refractivity contribution in [3.63, 3.8) is 0 Å². The van der Waals surface area contributed by atoms with Crippen molar-refractivity contribution in [3.05, 3.63) is 108 Å². The number of nitrogens with one attached hydrogen (secondary N) is 1. The van der Waals surface area contributed by atoms with Gasteiger partial charge < -0.3 is 15.0 Å². The molecule has 0 atom stereocenters. The van der Waals surface area contributed by atoms with Crippen molar-refractivity contribution in [2.45, 2.75) is 19.8 Å². The summed E-state index contributed by atoms with van der Waals surface area (Å²) in [6.45, 7) is 11.1. The molecule has 1 amide bonds. The number of nitrogens with zero attached hydrogens (tertiary/aromatic N) is 1. The number of carbonyl (C=O) groups excluding carboxylic acids is 1. The number of anilines is 1. The smallest absolute Gasteiger partial charge is 0.251 e. The Kier molecular flexibility index (Phi) is 10.5. The van der Waals surface area contributed by atoms with Gasteiger partial charge in [-0.1, -0.05) is 43.9 Å². The Labute approximate surface area is 204 Å². The van der Waals surface area contributed by atoms with Crippen LogP contribution in [-0.4, -0.2) is 33.2 Å². The Hall–Kier alpha value is -3.97. The molecule has 0 saturated carbocycles. The first-order chi connectivity index (χ1) is 16.4. The van der Waals surface area contributed by atoms with E-state index in [0.29, 0.717) is 24.6 Å². The van der Waals surface area contributed by atoms with Crippen LogP contribution in [0.1, 0.15) is 46.8 Å². The van der Waals surface area contributed by atoms with Crippen LogP contribution in [0.15, 0.2) is 86.0 Å². The zero-order chi connectivity index (χ0) is 24.9. The van der Waals surface area contributed by atoms with Gasteiger partial charge in [0.15, 0.2) is 0 Å². The summed E-state index contributed by atoms with van der Waals surface area (Å²) in [7, 11) is 4.02. The maximum atomic E-state index is 12.4. The molecule has 0 aliphatic rings. The lowest BCUT2D eigenvalue weighted by Crippen LogP contribution is -2.28. The van der Waals surface area contributed by atoms with E-state index in [9.17, 15) is 4.79 Å². The third-order valence-corrected chi connectivity index (χ3v) is 5.07. The van der Waals surface area contributed by atoms with Crippen LogP contribution in [0.4, 0.5) is 5.69 Å². The van der Waals surface area contributed by atoms with E-state index in [4.69, 9.17) is 4.74 Å². The first kappa shape index (κ1) is 26.3. The minimum absolute atomic E-state index is 0.121. The minimum Gasteiger partial charge on any atom is -0.491 e. The highest BCUT2D eigenvalue weighted by Crippen LogP contribution is 2.25. The number of ether oxygens (including phenoxy) is 1. The lowest BCUT2D eigenvalue weighted by atomic mass is 10.0. The van der Waals surface area contributed by atoms with Crippen LogP contribution in [0.5, 0.6) is 5.75 Å². The molecular formula is C30H34N2O2. The highest BCUT2D eigenvalue weighted by Gasteiger charge is 2.08. The van der Waals surface area contributed by atoms with Gasteiger partial charge in [0.05, 0.1) is 6.54 Å². The molecule has 3 rings (SSSR count). The highest BCUT2D eigenvalue weighted by atomic mass is 16.5. The zero-order valence-corrected chi connectivity index (χ0v) is 20.6. The average molecular weight is 455 g/mol. The van der Waals surface area contributed by atoms with Crippen molar-refractivity contribution >= 4 is 11.6 Å². The Morgan fingerprint density at radius 2 is 1.47 bits per heavy atom. The van der Waals surface area contributed by atoms with Crippen LogP contribution in [0, 0.1) is 11.8 Å². The molecule has 0 spiro atoms. The first-order valence-corrected chi connectivity index (χ1v) is 11.3. The number of rotatable bonds is 7. The van der Waals surface area contributed by atoms with Gasteiger partial charge >= 0.3 is 0 Å². The van der Waals surface area contributed by atoms with E-state index in [0.717, 1.165) is 22.6 Å². The molecule has 0 aliphatic heterocycles. The second-order valence-corrected chi connectivity index (χ2v) is 8.07. The Morgan fingerprint density at radius 3 is 2.03 bits per heavy atom. The number of hydrogen-bond acceptors (Lipinski definition) is 3. The maximum Gasteiger partial charge on any atom is 0.251 e. The highest BCUT2D eigenvalue weighted by molar-refractivity contribution is 5.94. The number of para-hydroxylation sites is 1. The lowest BCUT2D eigenvalue weighted by molar-refractivity contribution is 0.0947. The van der Waals surface area contributed by atoms with Gasteiger partial charge in [0.1, 0.15) is 12.4 Å². The van der Waals surface area contributed by atoms with Crippen molar-refractivity contribution in [1.82, 2.24) is 5.32 Å². The summed E-state index contributed by atoms with van der Waals surface area (Å²) in [6.07, 6.45) is 0. The fourth-order valence-electron chi connectivity index (χ4n) is 3.21. The summed E-state index contributed by atoms with van der Waals surface area (Å²) in [6, 6.07) is 23.4. The maximum absolute atomic E-state index is 12.4. The molecule has 0 saturated heterocycles. The SMILES string of the molecule is C=C.CC(C)c1ccccc1OCCNC(=O)c1ccc(C#Cc2ccc(N(C)C)cc2)cc1. The lowest BCUT2D eigenvalue weighted by Gasteiger charge is -2.14. The van der Waals surface area contributed by atoms with Crippen LogP contribution >= 0.6 is 0 Å². The van der Waals surface area contributed by atoms with E-state index < -0.39 is 0 Å². The van der Waals surface area contributed by atoms with Crippen molar-refractivity contribution in [3.8, 4) is 17.6 Å². The molecule has 0 heterocycles. The summed E-state index contributed by atoms with van der Waals surface area (Å²) >= 11 is 0. The number of hydrogen-bond donors (Lipinski definition) is 1. The second-order valence-electron chi connectivity index (χ2n) is 8.07. The molecule has 0 unspecified atom stereocenters. The Balaban J connectivity index is 0.00000199. The van der Waals surface area contributed by atoms with Gasteiger partial charge in [-0.25, -0.2) is 0 Å². The summed E-state index contributed by atoms with van der Waals surface area (Å²) in [5.41, 5.74) is 4.74. The third-order valence-electron chi connectivity index (χ3n) is 5.07. The second kappa shape index (κ2) is 13.5. The van der Waals surface area contributed by atoms with Gasteiger partial charge in [0, 0.05) is 36.5 Å². The monoisotopic (exact) mass is 454 g/mol. The van der Waals surface area contributed by atoms with Crippen LogP contribution in [-0.2, 0) is 0 Å². The van der Waals surface area contributed by atoms with Gasteiger partial charge in [-0.2, -0.15) is 0 Å². The fraction of sp³-hybridized carbons (Fsp3) is 0.233. The van der Waals surface area contributed by atoms with E-state index >= 15 is 0 Å². The molecule has 1 N–H and O–H groups in total. The van der Waals surface area contributed by atoms with Crippen molar-refractivity contribution < 1.29 is 9.53 Å². The van der Waals surface area contributed by atoms with Gasteiger partial charge in [-0.05, 0) is 66.1 Å². The zero-order valence-electron chi connectivity index (χ0n) is 20.6. The van der Waals surface area contributed by atoms with E-state index in [1.165, 1.54) is 5.56 Å². The van der Waals surface area contributed by atoms with E-state index in [1.54, 1.807) is 12.1 Å². The van der Waals surface area contributed by atoms with E-state index in [1.807, 2.05) is 68.7 Å². The topological polar surface area (TPSA) is 41.6 Å². The number of benzene rings is 3. The van der Waals surface area contributed by atoms with Gasteiger partial charge in [0.2, 0.25) is 0 Å². The predicted molar refractivity (Wildman–Crippen MR) is 143 cm³/mol. The third kappa shape index (κ3) is 7.86. The summed E-state index contributed by atoms with van der Waals surface area (Å²) in [5, 5.41) is 2.91. The molecular weight excluding hydrogens is 420 g/mol. The summed E-state index contributed by atoms with van der Waals surface area (Å²) in [4.78, 5) is 14.5. The fourth-order valence-corrected chi connectivity index (χ4v) is 3.21. The van der Waals surface area contributed by atoms with Gasteiger partial charge in [-0.15, -0.1) is 13.2 Å². The summed E-state index contributed by atoms with van der Waals surface area (Å²) < 4.78 is 5.86. The molecule has 34 heavy (non-hydrogen) atoms. The Bertz CT molecular complexity index is 1110. The standard InChI is InChI=1S/C28H30N2O2.C2H4/c1-21(2)26-7-5-6-8-27(26)32-20-19-29-28(31)24-15-11-22(12-16-24)9-10-23-13-17-25(18-14-23)30(3)4;1-2/h5-8,11-18,21H,19-20H2,1-4H3,(H,29,31);1-2H2. The van der Waals surface area contributed by atoms with Crippen LogP contribution < -0.4 is 15.0 Å². The van der Waals surface area contributed by atoms with E-state index in [2.05, 4.69) is 55.1 Å². The molecule has 176 valence electrons. The molecule has 0 aliphatic carbocycles. The molecule has 3 aromatic carbocycles. The number of amides is 1. The van der Waals surface area contributed by atoms with Crippen LogP contribution in [0.2, 0.25) is 0 Å². The van der Waals surface area contributed by atoms with Crippen LogP contribution in [0.3, 0.4) is 0 Å². The largest absolute Gasteiger partial charge is 0.491 e. The van der Waals surface area contributed by atoms with Crippen molar-refractivity contribution in [2.24, 2.45) is 0 Å². The van der Waals surface area contributed by atoms with Crippen molar-refractivity contribution in [1.29, 1.82) is 0 Å². The van der Waals surface area contributed by atoms with Crippen LogP contribution in [0.25, 0.3) is 0 Å². The molecule has 4 nitrogen and oxygen atoms in total. The molecule has 0 aromatic heterocycles. The van der Waals surface area contributed by atoms with E-state index in [-0.39, 0.29) is 5.91 Å². The molecule has 3 aromatic rings. The number of carbonyl (C=O) groups is 1. The molecule has 0 radical (unpaired) electrons. The molecule has 0 bridgehead atoms. The molecule has 4 heteroatoms. The first-order valence-electron chi connectivity index (χ1n) is 11.3. The quantitative estimate of drug-likeness (QED) is 0.275. The van der Waals surface area contributed by atoms with Gasteiger partial charge in [-0.3, -0.25) is 4.79 Å². The molecule has 0 fully saturated rings. The predicted octanol–water partition coefficient (Wildman–Crippen LogP) is 5.89.